The zero-order valence-corrected chi connectivity index (χ0v) is 16.1. The predicted octanol–water partition coefficient (Wildman–Crippen LogP) is 2.39. The van der Waals surface area contributed by atoms with E-state index in [1.54, 1.807) is 12.4 Å². The van der Waals surface area contributed by atoms with Gasteiger partial charge in [-0.2, -0.15) is 24.9 Å². The van der Waals surface area contributed by atoms with Crippen molar-refractivity contribution < 1.29 is 4.79 Å². The van der Waals surface area contributed by atoms with E-state index in [9.17, 15) is 9.70 Å². The van der Waals surface area contributed by atoms with Crippen LogP contribution in [0, 0.1) is 4.91 Å². The topological polar surface area (TPSA) is 153 Å². The lowest BCUT2D eigenvalue weighted by Gasteiger charge is -2.27. The number of nitrogens with zero attached hydrogens (tertiary/aromatic N) is 6. The first kappa shape index (κ1) is 19.4. The summed E-state index contributed by atoms with van der Waals surface area (Å²) in [7, 11) is 0. The molecule has 0 spiro atoms. The lowest BCUT2D eigenvalue weighted by Crippen LogP contribution is -2.35. The smallest absolute Gasteiger partial charge is 0.254 e. The van der Waals surface area contributed by atoms with E-state index < -0.39 is 5.91 Å². The predicted molar refractivity (Wildman–Crippen MR) is 111 cm³/mol. The van der Waals surface area contributed by atoms with E-state index >= 15 is 0 Å². The van der Waals surface area contributed by atoms with Crippen molar-refractivity contribution >= 4 is 23.4 Å². The molecule has 0 radical (unpaired) electrons. The average Bonchev–Trinajstić information content (AvgIpc) is 3.29. The number of hydrogen-bond acceptors (Lipinski definition) is 9. The fourth-order valence-corrected chi connectivity index (χ4v) is 3.49. The molecule has 2 aromatic heterocycles. The van der Waals surface area contributed by atoms with Crippen LogP contribution in [-0.2, 0) is 0 Å². The Labute approximate surface area is 172 Å². The Balaban J connectivity index is 1.60. The third-order valence-corrected chi connectivity index (χ3v) is 4.99. The van der Waals surface area contributed by atoms with Gasteiger partial charge in [-0.05, 0) is 31.0 Å². The molecule has 0 saturated heterocycles. The second-order valence-corrected chi connectivity index (χ2v) is 7.02. The van der Waals surface area contributed by atoms with Crippen LogP contribution >= 0.6 is 0 Å². The molecular weight excluding hydrogens is 386 g/mol. The maximum atomic E-state index is 11.9. The van der Waals surface area contributed by atoms with Crippen LogP contribution in [0.4, 0.5) is 17.5 Å². The maximum Gasteiger partial charge on any atom is 0.254 e. The second-order valence-electron chi connectivity index (χ2n) is 7.02. The summed E-state index contributed by atoms with van der Waals surface area (Å²) in [6, 6.07) is 6.84. The van der Waals surface area contributed by atoms with Gasteiger partial charge >= 0.3 is 0 Å². The van der Waals surface area contributed by atoms with Crippen molar-refractivity contribution in [1.82, 2.24) is 25.0 Å². The van der Waals surface area contributed by atoms with E-state index in [0.29, 0.717) is 11.6 Å². The van der Waals surface area contributed by atoms with Gasteiger partial charge in [-0.3, -0.25) is 4.79 Å². The molecule has 2 atom stereocenters. The minimum Gasteiger partial charge on any atom is -0.365 e. The van der Waals surface area contributed by atoms with Crippen LogP contribution in [-0.4, -0.2) is 43.0 Å². The van der Waals surface area contributed by atoms with Gasteiger partial charge in [-0.1, -0.05) is 24.1 Å². The Morgan fingerprint density at radius 3 is 2.77 bits per heavy atom. The van der Waals surface area contributed by atoms with Crippen molar-refractivity contribution in [3.63, 3.8) is 0 Å². The van der Waals surface area contributed by atoms with Crippen molar-refractivity contribution in [3.8, 4) is 5.69 Å². The van der Waals surface area contributed by atoms with Gasteiger partial charge in [-0.25, -0.2) is 4.98 Å². The van der Waals surface area contributed by atoms with Crippen LogP contribution in [0.1, 0.15) is 36.0 Å². The normalized spacial score (nSPS) is 18.5. The molecule has 30 heavy (non-hydrogen) atoms. The molecule has 2 unspecified atom stereocenters. The summed E-state index contributed by atoms with van der Waals surface area (Å²) in [5, 5.41) is 17.7. The lowest BCUT2D eigenvalue weighted by atomic mass is 9.91. The Morgan fingerprint density at radius 1 is 1.20 bits per heavy atom. The molecule has 1 fully saturated rings. The van der Waals surface area contributed by atoms with E-state index in [1.807, 2.05) is 24.3 Å². The number of anilines is 3. The lowest BCUT2D eigenvalue weighted by molar-refractivity contribution is 0.100. The SMILES string of the molecule is NC(=O)c1cnc(NC2CCCCC2N=O)nc1Nc1cccc(-n2nccn2)c1. The molecule has 0 aliphatic heterocycles. The summed E-state index contributed by atoms with van der Waals surface area (Å²) in [6.45, 7) is 0. The van der Waals surface area contributed by atoms with Crippen molar-refractivity contribution in [1.29, 1.82) is 0 Å². The fraction of sp³-hybridized carbons (Fsp3) is 0.316. The van der Waals surface area contributed by atoms with Crippen LogP contribution in [0.2, 0.25) is 0 Å². The Bertz CT molecular complexity index is 1040. The quantitative estimate of drug-likeness (QED) is 0.505. The molecule has 1 amide bonds. The summed E-state index contributed by atoms with van der Waals surface area (Å²) >= 11 is 0. The van der Waals surface area contributed by atoms with Gasteiger partial charge in [0.05, 0.1) is 24.1 Å². The number of aromatic nitrogens is 5. The van der Waals surface area contributed by atoms with Crippen LogP contribution < -0.4 is 16.4 Å². The fourth-order valence-electron chi connectivity index (χ4n) is 3.49. The average molecular weight is 407 g/mol. The van der Waals surface area contributed by atoms with E-state index in [4.69, 9.17) is 5.73 Å². The van der Waals surface area contributed by atoms with Crippen LogP contribution in [0.15, 0.2) is 48.0 Å². The molecule has 0 bridgehead atoms. The number of carbonyl (C=O) groups excluding carboxylic acids is 1. The third kappa shape index (κ3) is 4.24. The maximum absolute atomic E-state index is 11.9. The zero-order chi connectivity index (χ0) is 20.9. The molecule has 1 aliphatic rings. The molecule has 1 aliphatic carbocycles. The van der Waals surface area contributed by atoms with Crippen molar-refractivity contribution in [2.45, 2.75) is 37.8 Å². The number of primary amides is 1. The zero-order valence-electron chi connectivity index (χ0n) is 16.1. The van der Waals surface area contributed by atoms with Gasteiger partial charge in [0.2, 0.25) is 5.95 Å². The van der Waals surface area contributed by atoms with Crippen LogP contribution in [0.3, 0.4) is 0 Å². The van der Waals surface area contributed by atoms with Crippen molar-refractivity contribution in [2.75, 3.05) is 10.6 Å². The minimum atomic E-state index is -0.654. The monoisotopic (exact) mass is 407 g/mol. The van der Waals surface area contributed by atoms with E-state index in [2.05, 4.69) is 36.0 Å². The summed E-state index contributed by atoms with van der Waals surface area (Å²) in [5.41, 5.74) is 7.05. The largest absolute Gasteiger partial charge is 0.365 e. The number of nitrogens with one attached hydrogen (secondary N) is 2. The first-order valence-corrected chi connectivity index (χ1v) is 9.63. The number of amides is 1. The van der Waals surface area contributed by atoms with Crippen molar-refractivity contribution in [2.24, 2.45) is 10.9 Å². The van der Waals surface area contributed by atoms with Gasteiger partial charge in [-0.15, -0.1) is 0 Å². The molecular formula is C19H21N9O2. The second kappa shape index (κ2) is 8.64. The van der Waals surface area contributed by atoms with Gasteiger partial charge < -0.3 is 16.4 Å². The summed E-state index contributed by atoms with van der Waals surface area (Å²) in [6.07, 6.45) is 8.05. The van der Waals surface area contributed by atoms with Gasteiger partial charge in [0.25, 0.3) is 5.91 Å². The summed E-state index contributed by atoms with van der Waals surface area (Å²) in [4.78, 5) is 33.1. The molecule has 4 rings (SSSR count). The summed E-state index contributed by atoms with van der Waals surface area (Å²) < 4.78 is 0. The molecule has 11 nitrogen and oxygen atoms in total. The highest BCUT2D eigenvalue weighted by Crippen LogP contribution is 2.25. The molecule has 11 heteroatoms. The number of nitroso groups, excluding NO2 is 1. The number of hydrogen-bond donors (Lipinski definition) is 3. The molecule has 154 valence electrons. The third-order valence-electron chi connectivity index (χ3n) is 4.99. The standard InChI is InChI=1S/C19H21N9O2/c20-17(29)14-11-21-19(25-15-6-1-2-7-16(15)27-30)26-18(14)24-12-4-3-5-13(10-12)28-22-8-9-23-28/h3-5,8-11,15-16H,1-2,6-7H2,(H2,20,29)(H2,21,24,25,26). The van der Waals surface area contributed by atoms with Crippen LogP contribution in [0.5, 0.6) is 0 Å². The highest BCUT2D eigenvalue weighted by Gasteiger charge is 2.27. The number of benzene rings is 1. The molecule has 3 aromatic rings. The van der Waals surface area contributed by atoms with Crippen LogP contribution in [0.25, 0.3) is 5.69 Å². The first-order chi connectivity index (χ1) is 14.6. The molecule has 4 N–H and O–H groups in total. The minimum absolute atomic E-state index is 0.141. The van der Waals surface area contributed by atoms with Gasteiger partial charge in [0, 0.05) is 11.9 Å². The molecule has 1 aromatic carbocycles. The molecule has 2 heterocycles. The van der Waals surface area contributed by atoms with Gasteiger partial charge in [0.1, 0.15) is 17.4 Å². The van der Waals surface area contributed by atoms with E-state index in [1.165, 1.54) is 11.0 Å². The number of rotatable bonds is 7. The summed E-state index contributed by atoms with van der Waals surface area (Å²) in [5.74, 6) is -0.0935. The molecule has 1 saturated carbocycles. The highest BCUT2D eigenvalue weighted by atomic mass is 16.3. The van der Waals surface area contributed by atoms with E-state index in [0.717, 1.165) is 31.4 Å². The Morgan fingerprint density at radius 2 is 2.00 bits per heavy atom. The number of nitrogens with two attached hydrogens (primary N) is 1. The first-order valence-electron chi connectivity index (χ1n) is 9.63. The Kier molecular flexibility index (Phi) is 5.59. The van der Waals surface area contributed by atoms with Crippen molar-refractivity contribution in [3.05, 3.63) is 53.3 Å². The van der Waals surface area contributed by atoms with E-state index in [-0.39, 0.29) is 23.5 Å². The van der Waals surface area contributed by atoms with Gasteiger partial charge in [0.15, 0.2) is 0 Å². The highest BCUT2D eigenvalue weighted by molar-refractivity contribution is 5.98. The number of carbonyl (C=O) groups is 1. The Hall–Kier alpha value is -3.89.